The molecule has 3 N–H and O–H groups in total. The minimum absolute atomic E-state index is 0.133. The quantitative estimate of drug-likeness (QED) is 0.717. The van der Waals surface area contributed by atoms with E-state index in [1.165, 1.54) is 5.57 Å². The third-order valence-corrected chi connectivity index (χ3v) is 8.90. The molecule has 3 fully saturated rings. The molecule has 0 radical (unpaired) electrons. The van der Waals surface area contributed by atoms with Crippen LogP contribution in [0.5, 0.6) is 0 Å². The topological polar surface area (TPSA) is 77.8 Å². The van der Waals surface area contributed by atoms with Crippen LogP contribution in [0.25, 0.3) is 0 Å². The fourth-order valence-electron chi connectivity index (χ4n) is 7.31. The summed E-state index contributed by atoms with van der Waals surface area (Å²) in [5, 5.41) is 31.1. The number of carbonyl (C=O) groups is 1. The summed E-state index contributed by atoms with van der Waals surface area (Å²) >= 11 is 0. The van der Waals surface area contributed by atoms with Gasteiger partial charge in [-0.1, -0.05) is 19.4 Å². The molecule has 25 heavy (non-hydrogen) atoms. The van der Waals surface area contributed by atoms with Crippen LogP contribution in [0.15, 0.2) is 11.6 Å². The summed E-state index contributed by atoms with van der Waals surface area (Å²) in [5.74, 6) is 1.81. The maximum Gasteiger partial charge on any atom is 0.155 e. The van der Waals surface area contributed by atoms with Crippen molar-refractivity contribution in [1.29, 1.82) is 0 Å². The first kappa shape index (κ1) is 17.7. The number of allylic oxidation sites excluding steroid dienone is 1. The number of hydrogen-bond donors (Lipinski definition) is 3. The summed E-state index contributed by atoms with van der Waals surface area (Å²) in [5.41, 5.74) is 0.00120. The third-order valence-electron chi connectivity index (χ3n) is 8.90. The van der Waals surface area contributed by atoms with Crippen LogP contribution in [0.3, 0.4) is 0 Å². The van der Waals surface area contributed by atoms with Gasteiger partial charge in [0, 0.05) is 11.8 Å². The van der Waals surface area contributed by atoms with E-state index in [-0.39, 0.29) is 23.2 Å². The lowest BCUT2D eigenvalue weighted by atomic mass is 9.46. The Morgan fingerprint density at radius 3 is 2.56 bits per heavy atom. The van der Waals surface area contributed by atoms with Crippen molar-refractivity contribution in [3.63, 3.8) is 0 Å². The molecule has 0 aromatic heterocycles. The van der Waals surface area contributed by atoms with Gasteiger partial charge in [-0.2, -0.15) is 0 Å². The molecule has 0 spiro atoms. The van der Waals surface area contributed by atoms with Crippen molar-refractivity contribution in [2.24, 2.45) is 28.6 Å². The molecule has 4 aliphatic rings. The SMILES string of the molecule is C[C@]12CCC(=O)C=C1CC[C@@H]1[C@@H]2CC[C@@]2(C)[C@H]1CC[C@]2(O)[C@H](O)CO. The highest BCUT2D eigenvalue weighted by molar-refractivity contribution is 5.91. The van der Waals surface area contributed by atoms with Crippen LogP contribution in [0.1, 0.15) is 65.2 Å². The van der Waals surface area contributed by atoms with Gasteiger partial charge in [0.15, 0.2) is 5.78 Å². The van der Waals surface area contributed by atoms with Crippen molar-refractivity contribution in [3.8, 4) is 0 Å². The van der Waals surface area contributed by atoms with Crippen molar-refractivity contribution < 1.29 is 20.1 Å². The molecule has 0 saturated heterocycles. The smallest absolute Gasteiger partial charge is 0.155 e. The molecule has 3 saturated carbocycles. The van der Waals surface area contributed by atoms with E-state index in [0.717, 1.165) is 38.5 Å². The van der Waals surface area contributed by atoms with E-state index in [0.29, 0.717) is 30.6 Å². The maximum atomic E-state index is 11.9. The fraction of sp³-hybridized carbons (Fsp3) is 0.857. The zero-order chi connectivity index (χ0) is 18.0. The maximum absolute atomic E-state index is 11.9. The summed E-state index contributed by atoms with van der Waals surface area (Å²) in [4.78, 5) is 11.9. The molecular formula is C21H32O4. The van der Waals surface area contributed by atoms with Crippen molar-refractivity contribution in [2.45, 2.75) is 76.9 Å². The molecule has 0 aromatic rings. The van der Waals surface area contributed by atoms with Gasteiger partial charge >= 0.3 is 0 Å². The number of aliphatic hydroxyl groups excluding tert-OH is 2. The molecule has 4 heteroatoms. The molecule has 4 aliphatic carbocycles. The van der Waals surface area contributed by atoms with E-state index in [9.17, 15) is 20.1 Å². The first-order chi connectivity index (χ1) is 11.8. The van der Waals surface area contributed by atoms with E-state index in [4.69, 9.17) is 0 Å². The second kappa shape index (κ2) is 5.64. The molecule has 0 bridgehead atoms. The van der Waals surface area contributed by atoms with Gasteiger partial charge in [0.2, 0.25) is 0 Å². The number of carbonyl (C=O) groups excluding carboxylic acids is 1. The normalized spacial score (nSPS) is 50.5. The molecule has 140 valence electrons. The number of ketones is 1. The number of fused-ring (bicyclic) bond motifs is 5. The Bertz CT molecular complexity index is 613. The molecule has 0 amide bonds. The van der Waals surface area contributed by atoms with Gasteiger partial charge in [-0.25, -0.2) is 0 Å². The number of hydrogen-bond acceptors (Lipinski definition) is 4. The van der Waals surface area contributed by atoms with Crippen LogP contribution in [0.2, 0.25) is 0 Å². The zero-order valence-corrected chi connectivity index (χ0v) is 15.5. The monoisotopic (exact) mass is 348 g/mol. The predicted molar refractivity (Wildman–Crippen MR) is 94.8 cm³/mol. The zero-order valence-electron chi connectivity index (χ0n) is 15.5. The van der Waals surface area contributed by atoms with Gasteiger partial charge in [0.25, 0.3) is 0 Å². The minimum atomic E-state index is -1.17. The minimum Gasteiger partial charge on any atom is -0.394 e. The summed E-state index contributed by atoms with van der Waals surface area (Å²) in [7, 11) is 0. The molecule has 0 heterocycles. The lowest BCUT2D eigenvalue weighted by molar-refractivity contribution is -0.184. The molecule has 0 aromatic carbocycles. The van der Waals surface area contributed by atoms with Crippen molar-refractivity contribution >= 4 is 5.78 Å². The van der Waals surface area contributed by atoms with E-state index in [1.807, 2.05) is 6.08 Å². The van der Waals surface area contributed by atoms with Crippen LogP contribution in [-0.2, 0) is 4.79 Å². The van der Waals surface area contributed by atoms with Crippen LogP contribution in [-0.4, -0.2) is 39.4 Å². The molecule has 0 unspecified atom stereocenters. The van der Waals surface area contributed by atoms with Gasteiger partial charge in [-0.05, 0) is 74.2 Å². The Morgan fingerprint density at radius 2 is 1.84 bits per heavy atom. The lowest BCUT2D eigenvalue weighted by Crippen LogP contribution is -2.59. The second-order valence-electron chi connectivity index (χ2n) is 9.59. The molecule has 7 atom stereocenters. The Morgan fingerprint density at radius 1 is 1.12 bits per heavy atom. The van der Waals surface area contributed by atoms with E-state index >= 15 is 0 Å². The molecular weight excluding hydrogens is 316 g/mol. The van der Waals surface area contributed by atoms with Gasteiger partial charge in [-0.15, -0.1) is 0 Å². The summed E-state index contributed by atoms with van der Waals surface area (Å²) in [6, 6.07) is 0. The first-order valence-electron chi connectivity index (χ1n) is 10.0. The third kappa shape index (κ3) is 2.20. The van der Waals surface area contributed by atoms with Gasteiger partial charge in [0.05, 0.1) is 12.2 Å². The summed E-state index contributed by atoms with van der Waals surface area (Å²) in [6.45, 7) is 4.12. The highest BCUT2D eigenvalue weighted by Crippen LogP contribution is 2.67. The van der Waals surface area contributed by atoms with E-state index < -0.39 is 11.7 Å². The largest absolute Gasteiger partial charge is 0.394 e. The van der Waals surface area contributed by atoms with Crippen molar-refractivity contribution in [2.75, 3.05) is 6.61 Å². The summed E-state index contributed by atoms with van der Waals surface area (Å²) in [6.07, 6.45) is 8.03. The van der Waals surface area contributed by atoms with E-state index in [1.54, 1.807) is 0 Å². The fourth-order valence-corrected chi connectivity index (χ4v) is 7.31. The van der Waals surface area contributed by atoms with Gasteiger partial charge < -0.3 is 15.3 Å². The Labute approximate surface area is 150 Å². The second-order valence-corrected chi connectivity index (χ2v) is 9.59. The molecule has 4 nitrogen and oxygen atoms in total. The Kier molecular flexibility index (Phi) is 3.99. The van der Waals surface area contributed by atoms with Crippen LogP contribution < -0.4 is 0 Å². The number of aliphatic hydroxyl groups is 3. The van der Waals surface area contributed by atoms with Crippen molar-refractivity contribution in [1.82, 2.24) is 0 Å². The van der Waals surface area contributed by atoms with Crippen LogP contribution in [0, 0.1) is 28.6 Å². The molecule has 0 aliphatic heterocycles. The first-order valence-corrected chi connectivity index (χ1v) is 10.0. The van der Waals surface area contributed by atoms with Crippen molar-refractivity contribution in [3.05, 3.63) is 11.6 Å². The van der Waals surface area contributed by atoms with Gasteiger partial charge in [0.1, 0.15) is 6.10 Å². The highest BCUT2D eigenvalue weighted by Gasteiger charge is 2.65. The van der Waals surface area contributed by atoms with Gasteiger partial charge in [-0.3, -0.25) is 4.79 Å². The number of rotatable bonds is 2. The van der Waals surface area contributed by atoms with Crippen LogP contribution in [0.4, 0.5) is 0 Å². The Balaban J connectivity index is 1.67. The molecule has 4 rings (SSSR count). The Hall–Kier alpha value is -0.710. The highest BCUT2D eigenvalue weighted by atomic mass is 16.4. The average molecular weight is 348 g/mol. The standard InChI is InChI=1S/C21H32O4/c1-19-8-5-14(23)11-13(19)3-4-15-16(19)6-9-20(2)17(15)7-10-21(20,25)18(24)12-22/h11,15-18,22,24-25H,3-10,12H2,1-2H3/t15-,16+,17+,18-,19+,20+,21+/m1/s1. The predicted octanol–water partition coefficient (Wildman–Crippen LogP) is 2.60. The lowest BCUT2D eigenvalue weighted by Gasteiger charge is -2.59. The van der Waals surface area contributed by atoms with Crippen LogP contribution >= 0.6 is 0 Å². The van der Waals surface area contributed by atoms with E-state index in [2.05, 4.69) is 13.8 Å². The summed E-state index contributed by atoms with van der Waals surface area (Å²) < 4.78 is 0. The average Bonchev–Trinajstić information content (AvgIpc) is 2.87.